The van der Waals surface area contributed by atoms with Gasteiger partial charge in [0.15, 0.2) is 29.9 Å². The van der Waals surface area contributed by atoms with Crippen molar-refractivity contribution < 1.29 is 26.4 Å². The molecule has 0 aliphatic heterocycles. The molecule has 14 heteroatoms. The summed E-state index contributed by atoms with van der Waals surface area (Å²) < 4.78 is 47.4. The minimum atomic E-state index is -3.56. The van der Waals surface area contributed by atoms with Gasteiger partial charge in [-0.1, -0.05) is 48.5 Å². The van der Waals surface area contributed by atoms with Crippen molar-refractivity contribution in [2.45, 2.75) is 128 Å². The molecule has 0 saturated heterocycles. The van der Waals surface area contributed by atoms with E-state index in [4.69, 9.17) is 0 Å². The van der Waals surface area contributed by atoms with Crippen LogP contribution in [0.4, 0.5) is 10.3 Å². The molecule has 0 bridgehead atoms. The molecular formula is C28H48N4O6S4. The molecule has 240 valence electrons. The predicted octanol–water partition coefficient (Wildman–Crippen LogP) is 5.96. The van der Waals surface area contributed by atoms with Crippen molar-refractivity contribution >= 4 is 64.4 Å². The van der Waals surface area contributed by atoms with E-state index in [2.05, 4.69) is 20.6 Å². The first-order valence-corrected chi connectivity index (χ1v) is 18.7. The summed E-state index contributed by atoms with van der Waals surface area (Å²) in [5.74, 6) is -1.07. The van der Waals surface area contributed by atoms with E-state index in [1.54, 1.807) is 27.7 Å². The molecule has 2 atom stereocenters. The second kappa shape index (κ2) is 13.8. The molecule has 10 nitrogen and oxygen atoms in total. The third-order valence-corrected chi connectivity index (χ3v) is 13.9. The van der Waals surface area contributed by atoms with Gasteiger partial charge < -0.3 is 10.6 Å². The Labute approximate surface area is 260 Å². The maximum absolute atomic E-state index is 12.5. The van der Waals surface area contributed by atoms with Crippen LogP contribution in [-0.4, -0.2) is 59.1 Å². The summed E-state index contributed by atoms with van der Waals surface area (Å²) in [6.45, 7) is 23.0. The Bertz CT molecular complexity index is 1440. The molecule has 0 aliphatic carbocycles. The van der Waals surface area contributed by atoms with E-state index in [0.29, 0.717) is 16.7 Å². The summed E-state index contributed by atoms with van der Waals surface area (Å²) in [7, 11) is -7.02. The molecule has 2 amide bonds. The number of rotatable bonds is 9. The number of aromatic nitrogens is 2. The summed E-state index contributed by atoms with van der Waals surface area (Å²) in [5.41, 5.74) is 1.53. The van der Waals surface area contributed by atoms with Crippen LogP contribution in [0.5, 0.6) is 0 Å². The van der Waals surface area contributed by atoms with Crippen molar-refractivity contribution in [3.63, 3.8) is 0 Å². The molecule has 42 heavy (non-hydrogen) atoms. The number of anilines is 2. The normalized spacial score (nSPS) is 14.5. The van der Waals surface area contributed by atoms with Gasteiger partial charge in [-0.25, -0.2) is 26.8 Å². The largest absolute Gasteiger partial charge is 0.301 e. The zero-order chi connectivity index (χ0) is 33.1. The highest BCUT2D eigenvalue weighted by Crippen LogP contribution is 2.29. The van der Waals surface area contributed by atoms with Gasteiger partial charge in [0.1, 0.15) is 10.00 Å². The van der Waals surface area contributed by atoms with Crippen molar-refractivity contribution in [2.24, 2.45) is 0 Å². The fraction of sp³-hybridized carbons (Fsp3) is 0.714. The lowest BCUT2D eigenvalue weighted by molar-refractivity contribution is -0.118. The van der Waals surface area contributed by atoms with Crippen LogP contribution < -0.4 is 10.6 Å². The van der Waals surface area contributed by atoms with Gasteiger partial charge in [0, 0.05) is 21.6 Å². The van der Waals surface area contributed by atoms with Crippen LogP contribution in [-0.2, 0) is 40.1 Å². The molecule has 0 radical (unpaired) electrons. The lowest BCUT2D eigenvalue weighted by Gasteiger charge is -2.26. The summed E-state index contributed by atoms with van der Waals surface area (Å²) in [4.78, 5) is 33.1. The molecular weight excluding hydrogens is 617 g/mol. The summed E-state index contributed by atoms with van der Waals surface area (Å²) in [6.07, 6.45) is 0.477. The molecule has 2 aromatic rings. The first-order valence-electron chi connectivity index (χ1n) is 13.8. The Kier molecular flexibility index (Phi) is 12.5. The van der Waals surface area contributed by atoms with E-state index >= 15 is 0 Å². The average Bonchev–Trinajstić information content (AvgIpc) is 3.52. The predicted molar refractivity (Wildman–Crippen MR) is 175 cm³/mol. The zero-order valence-corrected chi connectivity index (χ0v) is 30.3. The van der Waals surface area contributed by atoms with E-state index in [0.717, 1.165) is 11.4 Å². The molecule has 0 fully saturated rings. The summed E-state index contributed by atoms with van der Waals surface area (Å²) >= 11 is 2.61. The van der Waals surface area contributed by atoms with E-state index < -0.39 is 52.0 Å². The highest BCUT2D eigenvalue weighted by atomic mass is 32.2. The Morgan fingerprint density at radius 2 is 1.19 bits per heavy atom. The number of sulfone groups is 2. The Morgan fingerprint density at radius 1 is 0.786 bits per heavy atom. The molecule has 0 spiro atoms. The lowest BCUT2D eigenvalue weighted by Crippen LogP contribution is -2.48. The SMILES string of the molecule is CC(C)S(=O)(=O)C(C)C(=O)Nc1nc(C(C)(C)C)cs1.CCC(C)S(=O)(=O)C(C)(C)C(=O)Nc1nc(C(C)(C)C)cs1. The topological polar surface area (TPSA) is 152 Å². The average molecular weight is 665 g/mol. The number of hydrogen-bond acceptors (Lipinski definition) is 10. The van der Waals surface area contributed by atoms with Crippen LogP contribution in [0.15, 0.2) is 10.8 Å². The molecule has 2 unspecified atom stereocenters. The monoisotopic (exact) mass is 664 g/mol. The maximum Gasteiger partial charge on any atom is 0.247 e. The third-order valence-electron chi connectivity index (χ3n) is 6.88. The van der Waals surface area contributed by atoms with Crippen LogP contribution in [0.1, 0.15) is 108 Å². The summed E-state index contributed by atoms with van der Waals surface area (Å²) in [6, 6.07) is 0. The van der Waals surface area contributed by atoms with Crippen LogP contribution >= 0.6 is 22.7 Å². The highest BCUT2D eigenvalue weighted by Gasteiger charge is 2.44. The van der Waals surface area contributed by atoms with Crippen molar-refractivity contribution in [2.75, 3.05) is 10.6 Å². The van der Waals surface area contributed by atoms with Crippen LogP contribution in [0.25, 0.3) is 0 Å². The van der Waals surface area contributed by atoms with Gasteiger partial charge in [0.2, 0.25) is 11.8 Å². The highest BCUT2D eigenvalue weighted by molar-refractivity contribution is 7.94. The van der Waals surface area contributed by atoms with E-state index in [1.165, 1.54) is 43.4 Å². The first kappa shape index (κ1) is 38.1. The van der Waals surface area contributed by atoms with Gasteiger partial charge in [-0.3, -0.25) is 9.59 Å². The fourth-order valence-electron chi connectivity index (χ4n) is 3.21. The standard InChI is InChI=1S/C15H26N2O3S2.C13H22N2O3S2/c1-8-10(2)22(19,20)15(6,7)12(18)17-13-16-11(9-21-13)14(3,4)5;1-8(2)20(17,18)9(3)11(16)15-12-14-10(7-19-12)13(4,5)6/h9-10H,8H2,1-7H3,(H,16,17,18);7-9H,1-6H3,(H,14,15,16). The third kappa shape index (κ3) is 9.30. The maximum atomic E-state index is 12.5. The molecule has 2 N–H and O–H groups in total. The Hall–Kier alpha value is -1.90. The quantitative estimate of drug-likeness (QED) is 0.333. The number of nitrogens with zero attached hydrogens (tertiary/aromatic N) is 2. The Balaban J connectivity index is 0.000000422. The van der Waals surface area contributed by atoms with E-state index in [1.807, 2.05) is 52.3 Å². The first-order chi connectivity index (χ1) is 18.8. The van der Waals surface area contributed by atoms with Gasteiger partial charge in [-0.2, -0.15) is 0 Å². The molecule has 2 heterocycles. The number of amides is 2. The van der Waals surface area contributed by atoms with Crippen molar-refractivity contribution in [1.82, 2.24) is 9.97 Å². The Morgan fingerprint density at radius 3 is 1.52 bits per heavy atom. The lowest BCUT2D eigenvalue weighted by atomic mass is 9.93. The van der Waals surface area contributed by atoms with Crippen molar-refractivity contribution in [3.05, 3.63) is 22.1 Å². The second-order valence-corrected chi connectivity index (χ2v) is 20.5. The van der Waals surface area contributed by atoms with E-state index in [9.17, 15) is 26.4 Å². The molecule has 0 aliphatic rings. The van der Waals surface area contributed by atoms with Gasteiger partial charge in [0.25, 0.3) is 0 Å². The van der Waals surface area contributed by atoms with E-state index in [-0.39, 0.29) is 10.8 Å². The van der Waals surface area contributed by atoms with Gasteiger partial charge >= 0.3 is 0 Å². The van der Waals surface area contributed by atoms with Gasteiger partial charge in [-0.05, 0) is 48.0 Å². The molecule has 0 saturated carbocycles. The van der Waals surface area contributed by atoms with Crippen LogP contribution in [0.2, 0.25) is 0 Å². The van der Waals surface area contributed by atoms with Gasteiger partial charge in [-0.15, -0.1) is 22.7 Å². The second-order valence-electron chi connectivity index (χ2n) is 13.1. The number of thiazole rings is 2. The van der Waals surface area contributed by atoms with Gasteiger partial charge in [0.05, 0.1) is 21.9 Å². The minimum absolute atomic E-state index is 0.102. The van der Waals surface area contributed by atoms with Crippen LogP contribution in [0.3, 0.4) is 0 Å². The number of carbonyl (C=O) groups is 2. The number of carbonyl (C=O) groups excluding carboxylic acids is 2. The number of hydrogen-bond donors (Lipinski definition) is 2. The molecule has 2 aromatic heterocycles. The van der Waals surface area contributed by atoms with Crippen molar-refractivity contribution in [1.29, 1.82) is 0 Å². The smallest absolute Gasteiger partial charge is 0.247 e. The number of nitrogens with one attached hydrogen (secondary N) is 2. The van der Waals surface area contributed by atoms with Crippen LogP contribution in [0, 0.1) is 0 Å². The zero-order valence-electron chi connectivity index (χ0n) is 27.1. The van der Waals surface area contributed by atoms with Crippen molar-refractivity contribution in [3.8, 4) is 0 Å². The molecule has 2 rings (SSSR count). The fourth-order valence-corrected chi connectivity index (χ4v) is 8.02. The minimum Gasteiger partial charge on any atom is -0.301 e. The molecule has 0 aromatic carbocycles. The summed E-state index contributed by atoms with van der Waals surface area (Å²) in [5, 5.41) is 7.64.